The van der Waals surface area contributed by atoms with Crippen LogP contribution in [-0.4, -0.2) is 11.8 Å². The SMILES string of the molecule is O=C(Cc1ccsc1)NNC(=O)c1ccccc1F. The van der Waals surface area contributed by atoms with Crippen LogP contribution in [0.4, 0.5) is 4.39 Å². The van der Waals surface area contributed by atoms with Crippen molar-refractivity contribution in [1.29, 1.82) is 0 Å². The summed E-state index contributed by atoms with van der Waals surface area (Å²) >= 11 is 1.49. The number of amides is 2. The van der Waals surface area contributed by atoms with E-state index in [-0.39, 0.29) is 17.9 Å². The van der Waals surface area contributed by atoms with Gasteiger partial charge in [0, 0.05) is 0 Å². The molecule has 1 aromatic carbocycles. The number of hydrazine groups is 1. The Morgan fingerprint density at radius 3 is 2.63 bits per heavy atom. The molecule has 2 rings (SSSR count). The minimum Gasteiger partial charge on any atom is -0.273 e. The van der Waals surface area contributed by atoms with Gasteiger partial charge in [0.05, 0.1) is 12.0 Å². The number of halogens is 1. The number of nitrogens with one attached hydrogen (secondary N) is 2. The zero-order valence-corrected chi connectivity index (χ0v) is 10.7. The molecule has 2 amide bonds. The van der Waals surface area contributed by atoms with Gasteiger partial charge >= 0.3 is 0 Å². The molecule has 0 atom stereocenters. The monoisotopic (exact) mass is 278 g/mol. The van der Waals surface area contributed by atoms with Crippen LogP contribution in [0, 0.1) is 5.82 Å². The molecule has 0 unspecified atom stereocenters. The van der Waals surface area contributed by atoms with E-state index in [4.69, 9.17) is 0 Å². The second-order valence-corrected chi connectivity index (χ2v) is 4.57. The molecule has 0 fully saturated rings. The summed E-state index contributed by atoms with van der Waals surface area (Å²) in [6.45, 7) is 0. The molecule has 2 N–H and O–H groups in total. The Morgan fingerprint density at radius 1 is 1.16 bits per heavy atom. The summed E-state index contributed by atoms with van der Waals surface area (Å²) in [6, 6.07) is 7.38. The largest absolute Gasteiger partial charge is 0.273 e. The topological polar surface area (TPSA) is 58.2 Å². The molecule has 0 saturated heterocycles. The first kappa shape index (κ1) is 13.2. The van der Waals surface area contributed by atoms with E-state index in [1.165, 1.54) is 29.5 Å². The molecular weight excluding hydrogens is 267 g/mol. The van der Waals surface area contributed by atoms with E-state index in [0.29, 0.717) is 0 Å². The molecule has 2 aromatic rings. The smallest absolute Gasteiger partial charge is 0.272 e. The first-order valence-corrected chi connectivity index (χ1v) is 6.46. The molecular formula is C13H11FN2O2S. The van der Waals surface area contributed by atoms with Gasteiger partial charge in [-0.15, -0.1) is 0 Å². The molecule has 0 aliphatic rings. The van der Waals surface area contributed by atoms with Crippen molar-refractivity contribution >= 4 is 23.2 Å². The highest BCUT2D eigenvalue weighted by Crippen LogP contribution is 2.07. The van der Waals surface area contributed by atoms with Crippen molar-refractivity contribution in [2.75, 3.05) is 0 Å². The Morgan fingerprint density at radius 2 is 1.95 bits per heavy atom. The number of carbonyl (C=O) groups is 2. The number of thiophene rings is 1. The molecule has 1 heterocycles. The van der Waals surface area contributed by atoms with Crippen molar-refractivity contribution in [2.45, 2.75) is 6.42 Å². The Bertz CT molecular complexity index is 584. The van der Waals surface area contributed by atoms with Crippen molar-refractivity contribution in [3.8, 4) is 0 Å². The highest BCUT2D eigenvalue weighted by atomic mass is 32.1. The number of hydrogen-bond donors (Lipinski definition) is 2. The van der Waals surface area contributed by atoms with Gasteiger partial charge in [-0.05, 0) is 34.5 Å². The predicted molar refractivity (Wildman–Crippen MR) is 70.0 cm³/mol. The fraction of sp³-hybridized carbons (Fsp3) is 0.0769. The van der Waals surface area contributed by atoms with Gasteiger partial charge in [0.25, 0.3) is 5.91 Å². The quantitative estimate of drug-likeness (QED) is 0.842. The van der Waals surface area contributed by atoms with Crippen LogP contribution in [-0.2, 0) is 11.2 Å². The highest BCUT2D eigenvalue weighted by molar-refractivity contribution is 7.07. The van der Waals surface area contributed by atoms with Crippen molar-refractivity contribution in [2.24, 2.45) is 0 Å². The van der Waals surface area contributed by atoms with Gasteiger partial charge in [-0.1, -0.05) is 12.1 Å². The van der Waals surface area contributed by atoms with Crippen LogP contribution in [0.2, 0.25) is 0 Å². The van der Waals surface area contributed by atoms with Crippen LogP contribution in [0.15, 0.2) is 41.1 Å². The molecule has 98 valence electrons. The maximum absolute atomic E-state index is 13.3. The maximum atomic E-state index is 13.3. The lowest BCUT2D eigenvalue weighted by molar-refractivity contribution is -0.121. The van der Waals surface area contributed by atoms with Crippen LogP contribution in [0.3, 0.4) is 0 Å². The van der Waals surface area contributed by atoms with Crippen LogP contribution in [0.1, 0.15) is 15.9 Å². The molecule has 0 radical (unpaired) electrons. The van der Waals surface area contributed by atoms with Crippen molar-refractivity contribution < 1.29 is 14.0 Å². The Kier molecular flexibility index (Phi) is 4.25. The minimum atomic E-state index is -0.684. The zero-order chi connectivity index (χ0) is 13.7. The Labute approximate surface area is 113 Å². The minimum absolute atomic E-state index is 0.113. The highest BCUT2D eigenvalue weighted by Gasteiger charge is 2.11. The summed E-state index contributed by atoms with van der Waals surface area (Å²) in [6.07, 6.45) is 0.168. The lowest BCUT2D eigenvalue weighted by Gasteiger charge is -2.07. The summed E-state index contributed by atoms with van der Waals surface area (Å²) in [5, 5.41) is 3.71. The summed E-state index contributed by atoms with van der Waals surface area (Å²) in [5.74, 6) is -1.67. The van der Waals surface area contributed by atoms with Gasteiger partial charge in [-0.2, -0.15) is 11.3 Å². The molecule has 6 heteroatoms. The van der Waals surface area contributed by atoms with E-state index >= 15 is 0 Å². The van der Waals surface area contributed by atoms with Gasteiger partial charge in [0.15, 0.2) is 0 Å². The molecule has 19 heavy (non-hydrogen) atoms. The lowest BCUT2D eigenvalue weighted by atomic mass is 10.2. The standard InChI is InChI=1S/C13H11FN2O2S/c14-11-4-2-1-3-10(11)13(18)16-15-12(17)7-9-5-6-19-8-9/h1-6,8H,7H2,(H,15,17)(H,16,18). The second-order valence-electron chi connectivity index (χ2n) is 3.79. The number of benzene rings is 1. The summed E-state index contributed by atoms with van der Waals surface area (Å²) in [5.41, 5.74) is 5.17. The van der Waals surface area contributed by atoms with Crippen LogP contribution in [0.25, 0.3) is 0 Å². The van der Waals surface area contributed by atoms with E-state index in [1.807, 2.05) is 16.8 Å². The van der Waals surface area contributed by atoms with Crippen molar-refractivity contribution in [1.82, 2.24) is 10.9 Å². The van der Waals surface area contributed by atoms with Crippen molar-refractivity contribution in [3.05, 3.63) is 58.0 Å². The van der Waals surface area contributed by atoms with Gasteiger partial charge in [-0.3, -0.25) is 20.4 Å². The second kappa shape index (κ2) is 6.10. The van der Waals surface area contributed by atoms with Crippen LogP contribution < -0.4 is 10.9 Å². The number of carbonyl (C=O) groups excluding carboxylic acids is 2. The third kappa shape index (κ3) is 3.62. The first-order valence-electron chi connectivity index (χ1n) is 5.51. The fourth-order valence-electron chi connectivity index (χ4n) is 1.46. The predicted octanol–water partition coefficient (Wildman–Crippen LogP) is 1.89. The third-order valence-corrected chi connectivity index (χ3v) is 3.11. The first-order chi connectivity index (χ1) is 9.16. The average Bonchev–Trinajstić information content (AvgIpc) is 2.89. The number of hydrogen-bond acceptors (Lipinski definition) is 3. The molecule has 0 bridgehead atoms. The Hall–Kier alpha value is -2.21. The molecule has 4 nitrogen and oxygen atoms in total. The van der Waals surface area contributed by atoms with E-state index in [0.717, 1.165) is 5.56 Å². The average molecular weight is 278 g/mol. The van der Waals surface area contributed by atoms with Gasteiger partial charge < -0.3 is 0 Å². The van der Waals surface area contributed by atoms with Gasteiger partial charge in [0.1, 0.15) is 5.82 Å². The van der Waals surface area contributed by atoms with Crippen LogP contribution >= 0.6 is 11.3 Å². The van der Waals surface area contributed by atoms with E-state index in [1.54, 1.807) is 6.07 Å². The molecule has 0 spiro atoms. The van der Waals surface area contributed by atoms with Gasteiger partial charge in [0.2, 0.25) is 5.91 Å². The van der Waals surface area contributed by atoms with E-state index < -0.39 is 11.7 Å². The summed E-state index contributed by atoms with van der Waals surface area (Å²) < 4.78 is 13.3. The maximum Gasteiger partial charge on any atom is 0.272 e. The van der Waals surface area contributed by atoms with Crippen molar-refractivity contribution in [3.63, 3.8) is 0 Å². The number of rotatable bonds is 3. The lowest BCUT2D eigenvalue weighted by Crippen LogP contribution is -2.42. The molecule has 0 aliphatic carbocycles. The molecule has 1 aromatic heterocycles. The molecule has 0 aliphatic heterocycles. The third-order valence-electron chi connectivity index (χ3n) is 2.38. The van der Waals surface area contributed by atoms with E-state index in [9.17, 15) is 14.0 Å². The molecule has 0 saturated carbocycles. The normalized spacial score (nSPS) is 9.95. The van der Waals surface area contributed by atoms with Gasteiger partial charge in [-0.25, -0.2) is 4.39 Å². The zero-order valence-electron chi connectivity index (χ0n) is 9.85. The summed E-state index contributed by atoms with van der Waals surface area (Å²) in [4.78, 5) is 23.1. The van der Waals surface area contributed by atoms with Crippen LogP contribution in [0.5, 0.6) is 0 Å². The fourth-order valence-corrected chi connectivity index (χ4v) is 2.13. The Balaban J connectivity index is 1.87. The summed E-state index contributed by atoms with van der Waals surface area (Å²) in [7, 11) is 0. The van der Waals surface area contributed by atoms with E-state index in [2.05, 4.69) is 10.9 Å².